The molecule has 0 saturated heterocycles. The lowest BCUT2D eigenvalue weighted by molar-refractivity contribution is -0.118. The second-order valence-corrected chi connectivity index (χ2v) is 6.74. The Morgan fingerprint density at radius 1 is 1.14 bits per heavy atom. The third-order valence-electron chi connectivity index (χ3n) is 3.75. The smallest absolute Gasteiger partial charge is 0.262 e. The maximum Gasteiger partial charge on any atom is 0.262 e. The number of para-hydroxylation sites is 1. The number of nitrogens with zero attached hydrogens (tertiary/aromatic N) is 1. The van der Waals surface area contributed by atoms with Crippen molar-refractivity contribution >= 4 is 46.7 Å². The Labute approximate surface area is 176 Å². The van der Waals surface area contributed by atoms with Gasteiger partial charge in [-0.05, 0) is 48.0 Å². The second-order valence-electron chi connectivity index (χ2n) is 5.90. The maximum absolute atomic E-state index is 13.6. The molecule has 0 aliphatic carbocycles. The quantitative estimate of drug-likeness (QED) is 0.497. The number of amides is 1. The largest absolute Gasteiger partial charge is 0.506 e. The zero-order valence-corrected chi connectivity index (χ0v) is 16.4. The molecular formula is C21H15Cl2FN2O3. The molecule has 0 spiro atoms. The number of carbonyl (C=O) groups is 1. The molecule has 0 radical (unpaired) electrons. The van der Waals surface area contributed by atoms with Crippen LogP contribution < -0.4 is 10.1 Å². The number of phenolic OH excluding ortho intramolecular Hbond substituents is 1. The van der Waals surface area contributed by atoms with Crippen molar-refractivity contribution in [1.82, 2.24) is 0 Å². The topological polar surface area (TPSA) is 70.9 Å². The first-order valence-corrected chi connectivity index (χ1v) is 9.17. The number of hydrogen-bond acceptors (Lipinski definition) is 4. The Bertz CT molecular complexity index is 1070. The molecule has 0 aliphatic rings. The number of aromatic hydroxyl groups is 1. The van der Waals surface area contributed by atoms with E-state index in [4.69, 9.17) is 27.9 Å². The minimum atomic E-state index is -0.533. The van der Waals surface area contributed by atoms with Gasteiger partial charge in [0, 0.05) is 17.3 Å². The van der Waals surface area contributed by atoms with Crippen LogP contribution in [0, 0.1) is 5.82 Å². The summed E-state index contributed by atoms with van der Waals surface area (Å²) in [6.45, 7) is -0.333. The van der Waals surface area contributed by atoms with Gasteiger partial charge in [-0.1, -0.05) is 35.3 Å². The Kier molecular flexibility index (Phi) is 6.69. The summed E-state index contributed by atoms with van der Waals surface area (Å²) in [5.41, 5.74) is 1.09. The fourth-order valence-corrected chi connectivity index (χ4v) is 2.77. The van der Waals surface area contributed by atoms with Gasteiger partial charge < -0.3 is 15.2 Å². The van der Waals surface area contributed by atoms with Crippen LogP contribution in [0.5, 0.6) is 11.5 Å². The highest BCUT2D eigenvalue weighted by molar-refractivity contribution is 6.32. The first kappa shape index (κ1) is 20.6. The van der Waals surface area contributed by atoms with Crippen molar-refractivity contribution in [2.24, 2.45) is 4.99 Å². The molecule has 29 heavy (non-hydrogen) atoms. The molecule has 0 aliphatic heterocycles. The van der Waals surface area contributed by atoms with Crippen LogP contribution in [0.1, 0.15) is 5.56 Å². The monoisotopic (exact) mass is 432 g/mol. The van der Waals surface area contributed by atoms with Crippen molar-refractivity contribution < 1.29 is 19.0 Å². The number of rotatable bonds is 6. The summed E-state index contributed by atoms with van der Waals surface area (Å²) in [6, 6.07) is 15.3. The zero-order valence-electron chi connectivity index (χ0n) is 14.9. The van der Waals surface area contributed by atoms with Crippen LogP contribution in [0.2, 0.25) is 10.0 Å². The minimum absolute atomic E-state index is 0.0411. The average molecular weight is 433 g/mol. The van der Waals surface area contributed by atoms with Crippen LogP contribution in [0.4, 0.5) is 15.8 Å². The van der Waals surface area contributed by atoms with E-state index in [-0.39, 0.29) is 23.1 Å². The summed E-state index contributed by atoms with van der Waals surface area (Å²) >= 11 is 12.0. The highest BCUT2D eigenvalue weighted by Crippen LogP contribution is 2.30. The summed E-state index contributed by atoms with van der Waals surface area (Å²) in [4.78, 5) is 16.1. The average Bonchev–Trinajstić information content (AvgIpc) is 2.68. The molecule has 0 bridgehead atoms. The van der Waals surface area contributed by atoms with Crippen LogP contribution in [-0.4, -0.2) is 23.8 Å². The highest BCUT2D eigenvalue weighted by Gasteiger charge is 2.09. The molecule has 3 aromatic carbocycles. The molecule has 3 aromatic rings. The van der Waals surface area contributed by atoms with Gasteiger partial charge in [-0.3, -0.25) is 9.79 Å². The third-order valence-corrected chi connectivity index (χ3v) is 4.28. The number of phenols is 1. The molecule has 148 valence electrons. The van der Waals surface area contributed by atoms with Crippen LogP contribution in [0.25, 0.3) is 0 Å². The van der Waals surface area contributed by atoms with E-state index in [1.807, 2.05) is 0 Å². The number of carbonyl (C=O) groups excluding carboxylic acids is 1. The standard InChI is InChI=1S/C21H15Cl2FN2O3/c22-14-6-7-18(19(27)10-14)25-11-13-5-8-20(15(23)9-13)29-12-21(28)26-17-4-2-1-3-16(17)24/h1-11,27H,12H2,(H,26,28). The van der Waals surface area contributed by atoms with E-state index in [0.717, 1.165) is 0 Å². The van der Waals surface area contributed by atoms with Crippen LogP contribution in [-0.2, 0) is 4.79 Å². The van der Waals surface area contributed by atoms with E-state index in [0.29, 0.717) is 22.0 Å². The lowest BCUT2D eigenvalue weighted by Crippen LogP contribution is -2.20. The number of aliphatic imine (C=N–C) groups is 1. The molecule has 0 fully saturated rings. The lowest BCUT2D eigenvalue weighted by Gasteiger charge is -2.09. The molecule has 0 unspecified atom stereocenters. The van der Waals surface area contributed by atoms with Crippen LogP contribution in [0.3, 0.4) is 0 Å². The van der Waals surface area contributed by atoms with Crippen LogP contribution >= 0.6 is 23.2 Å². The van der Waals surface area contributed by atoms with Gasteiger partial charge in [-0.25, -0.2) is 4.39 Å². The van der Waals surface area contributed by atoms with E-state index in [2.05, 4.69) is 10.3 Å². The van der Waals surface area contributed by atoms with Crippen molar-refractivity contribution in [1.29, 1.82) is 0 Å². The van der Waals surface area contributed by atoms with Crippen molar-refractivity contribution in [3.05, 3.63) is 82.1 Å². The van der Waals surface area contributed by atoms with Crippen LogP contribution in [0.15, 0.2) is 65.7 Å². The van der Waals surface area contributed by atoms with Gasteiger partial charge in [-0.15, -0.1) is 0 Å². The molecular weight excluding hydrogens is 418 g/mol. The summed E-state index contributed by atoms with van der Waals surface area (Å²) in [5, 5.41) is 12.9. The first-order valence-electron chi connectivity index (χ1n) is 8.41. The summed E-state index contributed by atoms with van der Waals surface area (Å²) < 4.78 is 18.9. The number of anilines is 1. The summed E-state index contributed by atoms with van der Waals surface area (Å²) in [5.74, 6) is -0.799. The summed E-state index contributed by atoms with van der Waals surface area (Å²) in [7, 11) is 0. The maximum atomic E-state index is 13.6. The molecule has 5 nitrogen and oxygen atoms in total. The number of nitrogens with one attached hydrogen (secondary N) is 1. The molecule has 8 heteroatoms. The highest BCUT2D eigenvalue weighted by atomic mass is 35.5. The fraction of sp³-hybridized carbons (Fsp3) is 0.0476. The predicted molar refractivity (Wildman–Crippen MR) is 112 cm³/mol. The van der Waals surface area contributed by atoms with Gasteiger partial charge in [0.05, 0.1) is 10.7 Å². The van der Waals surface area contributed by atoms with Gasteiger partial charge >= 0.3 is 0 Å². The van der Waals surface area contributed by atoms with E-state index >= 15 is 0 Å². The molecule has 1 amide bonds. The molecule has 0 atom stereocenters. The summed E-state index contributed by atoms with van der Waals surface area (Å²) in [6.07, 6.45) is 1.52. The van der Waals surface area contributed by atoms with E-state index in [1.165, 1.54) is 30.5 Å². The minimum Gasteiger partial charge on any atom is -0.506 e. The molecule has 3 rings (SSSR count). The molecule has 0 aromatic heterocycles. The second kappa shape index (κ2) is 9.41. The van der Waals surface area contributed by atoms with Gasteiger partial charge in [-0.2, -0.15) is 0 Å². The van der Waals surface area contributed by atoms with E-state index in [1.54, 1.807) is 36.4 Å². The zero-order chi connectivity index (χ0) is 20.8. The Hall–Kier alpha value is -3.09. The fourth-order valence-electron chi connectivity index (χ4n) is 2.36. The predicted octanol–water partition coefficient (Wildman–Crippen LogP) is 5.61. The van der Waals surface area contributed by atoms with Gasteiger partial charge in [0.1, 0.15) is 23.0 Å². The molecule has 0 saturated carbocycles. The Balaban J connectivity index is 1.61. The van der Waals surface area contributed by atoms with E-state index < -0.39 is 11.7 Å². The Morgan fingerprint density at radius 3 is 2.66 bits per heavy atom. The lowest BCUT2D eigenvalue weighted by atomic mass is 10.2. The van der Waals surface area contributed by atoms with Gasteiger partial charge in [0.2, 0.25) is 0 Å². The normalized spacial score (nSPS) is 10.9. The van der Waals surface area contributed by atoms with Crippen molar-refractivity contribution in [2.45, 2.75) is 0 Å². The van der Waals surface area contributed by atoms with E-state index in [9.17, 15) is 14.3 Å². The number of ether oxygens (including phenoxy) is 1. The number of hydrogen-bond donors (Lipinski definition) is 2. The van der Waals surface area contributed by atoms with Crippen molar-refractivity contribution in [2.75, 3.05) is 11.9 Å². The Morgan fingerprint density at radius 2 is 1.93 bits per heavy atom. The third kappa shape index (κ3) is 5.70. The number of halogens is 3. The van der Waals surface area contributed by atoms with Gasteiger partial charge in [0.25, 0.3) is 5.91 Å². The first-order chi connectivity index (χ1) is 13.9. The SMILES string of the molecule is O=C(COc1ccc(C=Nc2ccc(Cl)cc2O)cc1Cl)Nc1ccccc1F. The van der Waals surface area contributed by atoms with Gasteiger partial charge in [0.15, 0.2) is 6.61 Å². The molecule has 0 heterocycles. The molecule has 2 N–H and O–H groups in total. The van der Waals surface area contributed by atoms with Crippen molar-refractivity contribution in [3.63, 3.8) is 0 Å². The van der Waals surface area contributed by atoms with Crippen molar-refractivity contribution in [3.8, 4) is 11.5 Å². The number of benzene rings is 3.